The number of hydrogen-bond donors (Lipinski definition) is 1. The highest BCUT2D eigenvalue weighted by molar-refractivity contribution is 14.0. The van der Waals surface area contributed by atoms with Crippen molar-refractivity contribution in [3.05, 3.63) is 18.0 Å². The number of nitrogens with zero attached hydrogens (tertiary/aromatic N) is 4. The molecule has 2 rings (SSSR count). The fraction of sp³-hybridized carbons (Fsp3) is 0.778. The molecule has 0 spiro atoms. The lowest BCUT2D eigenvalue weighted by Crippen LogP contribution is -2.54. The number of sulfonamides is 1. The van der Waals surface area contributed by atoms with Crippen LogP contribution in [0.5, 0.6) is 0 Å². The predicted molar refractivity (Wildman–Crippen MR) is 124 cm³/mol. The van der Waals surface area contributed by atoms with Crippen LogP contribution < -0.4 is 5.32 Å². The van der Waals surface area contributed by atoms with Crippen molar-refractivity contribution in [1.29, 1.82) is 0 Å². The highest BCUT2D eigenvalue weighted by Gasteiger charge is 2.28. The van der Waals surface area contributed by atoms with Gasteiger partial charge >= 0.3 is 0 Å². The number of hydrogen-bond acceptors (Lipinski definition) is 6. The number of aromatic nitrogens is 1. The van der Waals surface area contributed by atoms with E-state index in [1.165, 1.54) is 10.6 Å². The first kappa shape index (κ1) is 26.1. The van der Waals surface area contributed by atoms with E-state index < -0.39 is 10.0 Å². The van der Waals surface area contributed by atoms with Gasteiger partial charge in [-0.1, -0.05) is 19.0 Å². The van der Waals surface area contributed by atoms with E-state index in [4.69, 9.17) is 9.26 Å². The van der Waals surface area contributed by atoms with Crippen LogP contribution >= 0.6 is 24.0 Å². The van der Waals surface area contributed by atoms with Gasteiger partial charge in [0, 0.05) is 45.4 Å². The Bertz CT molecular complexity index is 689. The Hall–Kier alpha value is -0.920. The van der Waals surface area contributed by atoms with Gasteiger partial charge in [-0.25, -0.2) is 8.42 Å². The Balaban J connectivity index is 0.00000420. The first-order valence-corrected chi connectivity index (χ1v) is 11.5. The average Bonchev–Trinajstić information content (AvgIpc) is 3.16. The lowest BCUT2D eigenvalue weighted by molar-refractivity contribution is 0.130. The minimum absolute atomic E-state index is 0. The number of halogens is 1. The monoisotopic (exact) mass is 543 g/mol. The van der Waals surface area contributed by atoms with Gasteiger partial charge in [0.1, 0.15) is 12.0 Å². The summed E-state index contributed by atoms with van der Waals surface area (Å²) in [4.78, 5) is 6.71. The fourth-order valence-corrected chi connectivity index (χ4v) is 4.26. The van der Waals surface area contributed by atoms with E-state index in [2.05, 4.69) is 34.2 Å². The maximum absolute atomic E-state index is 12.5. The molecule has 1 saturated heterocycles. The van der Waals surface area contributed by atoms with Crippen molar-refractivity contribution in [3.8, 4) is 0 Å². The highest BCUT2D eigenvalue weighted by Crippen LogP contribution is 2.13. The van der Waals surface area contributed by atoms with E-state index in [0.717, 1.165) is 25.5 Å². The number of piperazine rings is 1. The zero-order chi connectivity index (χ0) is 20.4. The summed E-state index contributed by atoms with van der Waals surface area (Å²) >= 11 is 0. The smallest absolute Gasteiger partial charge is 0.220 e. The van der Waals surface area contributed by atoms with Gasteiger partial charge < -0.3 is 19.5 Å². The summed E-state index contributed by atoms with van der Waals surface area (Å²) in [6, 6.07) is 1.58. The first-order chi connectivity index (χ1) is 13.4. The zero-order valence-electron chi connectivity index (χ0n) is 17.5. The molecule has 11 heteroatoms. The van der Waals surface area contributed by atoms with E-state index in [-0.39, 0.29) is 29.7 Å². The molecule has 2 heterocycles. The molecular formula is C18H34IN5O4S. The number of guanidine groups is 1. The number of nitrogens with one attached hydrogen (secondary N) is 1. The molecule has 1 aliphatic heterocycles. The van der Waals surface area contributed by atoms with Crippen LogP contribution in [0.1, 0.15) is 32.9 Å². The standard InChI is InChI=1S/C18H33N5O4S.HI/c1-4-19-18(20-7-14-26-12-5-16(2)3)22-8-10-23(11-9-22)28(24,25)15-17-6-13-27-21-17;/h6,13,16H,4-5,7-12,14-15H2,1-3H3,(H,19,20);1H. The summed E-state index contributed by atoms with van der Waals surface area (Å²) in [5, 5.41) is 6.98. The summed E-state index contributed by atoms with van der Waals surface area (Å²) in [6.45, 7) is 11.1. The molecule has 1 aliphatic rings. The molecule has 29 heavy (non-hydrogen) atoms. The quantitative estimate of drug-likeness (QED) is 0.208. The topological polar surface area (TPSA) is 100 Å². The SMILES string of the molecule is CCNC(=NCCOCCC(C)C)N1CCN(S(=O)(=O)Cc2ccon2)CC1.I. The second-order valence-electron chi connectivity index (χ2n) is 7.16. The van der Waals surface area contributed by atoms with Crippen LogP contribution in [0, 0.1) is 5.92 Å². The lowest BCUT2D eigenvalue weighted by Gasteiger charge is -2.35. The molecule has 1 N–H and O–H groups in total. The molecule has 168 valence electrons. The molecule has 0 atom stereocenters. The summed E-state index contributed by atoms with van der Waals surface area (Å²) in [5.74, 6) is 1.31. The zero-order valence-corrected chi connectivity index (χ0v) is 20.7. The second kappa shape index (κ2) is 13.4. The Morgan fingerprint density at radius 1 is 1.31 bits per heavy atom. The number of ether oxygens (including phenoxy) is 1. The molecule has 0 amide bonds. The minimum Gasteiger partial charge on any atom is -0.380 e. The summed E-state index contributed by atoms with van der Waals surface area (Å²) in [7, 11) is -3.40. The minimum atomic E-state index is -3.40. The van der Waals surface area contributed by atoms with E-state index in [9.17, 15) is 8.42 Å². The van der Waals surface area contributed by atoms with Gasteiger partial charge in [0.15, 0.2) is 5.96 Å². The summed E-state index contributed by atoms with van der Waals surface area (Å²) in [6.07, 6.45) is 2.43. The van der Waals surface area contributed by atoms with Crippen molar-refractivity contribution in [2.24, 2.45) is 10.9 Å². The van der Waals surface area contributed by atoms with Crippen LogP contribution in [-0.4, -0.2) is 81.2 Å². The maximum atomic E-state index is 12.5. The number of rotatable bonds is 10. The first-order valence-electron chi connectivity index (χ1n) is 9.90. The van der Waals surface area contributed by atoms with Crippen LogP contribution in [0.15, 0.2) is 21.8 Å². The molecule has 0 radical (unpaired) electrons. The van der Waals surface area contributed by atoms with Gasteiger partial charge in [0.2, 0.25) is 10.0 Å². The highest BCUT2D eigenvalue weighted by atomic mass is 127. The van der Waals surface area contributed by atoms with Gasteiger partial charge in [-0.15, -0.1) is 24.0 Å². The third-order valence-electron chi connectivity index (χ3n) is 4.42. The maximum Gasteiger partial charge on any atom is 0.220 e. The summed E-state index contributed by atoms with van der Waals surface area (Å²) in [5.41, 5.74) is 0.426. The third kappa shape index (κ3) is 9.18. The number of aliphatic imine (C=N–C) groups is 1. The average molecular weight is 543 g/mol. The Labute approximate surface area is 191 Å². The molecular weight excluding hydrogens is 509 g/mol. The summed E-state index contributed by atoms with van der Waals surface area (Å²) < 4.78 is 36.9. The Kier molecular flexibility index (Phi) is 12.1. The second-order valence-corrected chi connectivity index (χ2v) is 9.13. The molecule has 0 aromatic carbocycles. The van der Waals surface area contributed by atoms with Crippen LogP contribution in [0.3, 0.4) is 0 Å². The lowest BCUT2D eigenvalue weighted by atomic mass is 10.1. The van der Waals surface area contributed by atoms with Gasteiger partial charge in [-0.2, -0.15) is 4.31 Å². The van der Waals surface area contributed by atoms with Crippen LogP contribution in [0.2, 0.25) is 0 Å². The van der Waals surface area contributed by atoms with E-state index in [1.807, 2.05) is 6.92 Å². The van der Waals surface area contributed by atoms with Gasteiger partial charge in [0.25, 0.3) is 0 Å². The van der Waals surface area contributed by atoms with Crippen molar-refractivity contribution in [2.75, 3.05) is 52.5 Å². The van der Waals surface area contributed by atoms with E-state index in [0.29, 0.717) is 50.9 Å². The Morgan fingerprint density at radius 3 is 2.62 bits per heavy atom. The van der Waals surface area contributed by atoms with Gasteiger partial charge in [0.05, 0.1) is 18.8 Å². The Morgan fingerprint density at radius 2 is 2.03 bits per heavy atom. The molecule has 1 aromatic heterocycles. The van der Waals surface area contributed by atoms with Crippen molar-refractivity contribution in [1.82, 2.24) is 19.7 Å². The van der Waals surface area contributed by atoms with Gasteiger partial charge in [-0.05, 0) is 19.3 Å². The fourth-order valence-electron chi connectivity index (χ4n) is 2.83. The molecule has 1 fully saturated rings. The molecule has 0 aliphatic carbocycles. The van der Waals surface area contributed by atoms with Crippen LogP contribution in [0.25, 0.3) is 0 Å². The van der Waals surface area contributed by atoms with Crippen molar-refractivity contribution in [2.45, 2.75) is 32.9 Å². The third-order valence-corrected chi connectivity index (χ3v) is 6.24. The molecule has 1 aromatic rings. The van der Waals surface area contributed by atoms with E-state index in [1.54, 1.807) is 6.07 Å². The normalized spacial score (nSPS) is 16.1. The van der Waals surface area contributed by atoms with Gasteiger partial charge in [-0.3, -0.25) is 4.99 Å². The molecule has 0 unspecified atom stereocenters. The van der Waals surface area contributed by atoms with E-state index >= 15 is 0 Å². The van der Waals surface area contributed by atoms with Crippen LogP contribution in [0.4, 0.5) is 0 Å². The molecule has 0 saturated carbocycles. The predicted octanol–water partition coefficient (Wildman–Crippen LogP) is 1.77. The molecule has 9 nitrogen and oxygen atoms in total. The van der Waals surface area contributed by atoms with Crippen LogP contribution in [-0.2, 0) is 20.5 Å². The van der Waals surface area contributed by atoms with Crippen molar-refractivity contribution >= 4 is 40.0 Å². The van der Waals surface area contributed by atoms with Crippen molar-refractivity contribution in [3.63, 3.8) is 0 Å². The molecule has 0 bridgehead atoms. The largest absolute Gasteiger partial charge is 0.380 e. The van der Waals surface area contributed by atoms with Crippen molar-refractivity contribution < 1.29 is 17.7 Å².